The molecule has 0 unspecified atom stereocenters. The molecule has 5 nitrogen and oxygen atoms in total. The molecule has 0 saturated carbocycles. The minimum absolute atomic E-state index is 0. The van der Waals surface area contributed by atoms with Gasteiger partial charge in [0.1, 0.15) is 0 Å². The number of hydrogen-bond acceptors (Lipinski definition) is 3. The number of imidazole rings is 1. The van der Waals surface area contributed by atoms with Crippen molar-refractivity contribution >= 4 is 41.7 Å². The number of halogens is 1. The number of nitrogens with two attached hydrogens (primary N) is 1. The summed E-state index contributed by atoms with van der Waals surface area (Å²) in [5.74, 6) is 2.92. The zero-order valence-corrected chi connectivity index (χ0v) is 15.4. The smallest absolute Gasteiger partial charge is 0.191 e. The summed E-state index contributed by atoms with van der Waals surface area (Å²) in [4.78, 5) is 10.8. The maximum absolute atomic E-state index is 6.08. The van der Waals surface area contributed by atoms with Gasteiger partial charge in [-0.05, 0) is 17.7 Å². The third-order valence-corrected chi connectivity index (χ3v) is 4.41. The third kappa shape index (κ3) is 4.39. The highest BCUT2D eigenvalue weighted by Gasteiger charge is 2.11. The van der Waals surface area contributed by atoms with E-state index in [0.29, 0.717) is 12.5 Å². The normalized spacial score (nSPS) is 15.5. The highest BCUT2D eigenvalue weighted by molar-refractivity contribution is 14.0. The van der Waals surface area contributed by atoms with Crippen molar-refractivity contribution in [3.8, 4) is 5.69 Å². The molecule has 118 valence electrons. The van der Waals surface area contributed by atoms with Crippen LogP contribution in [0, 0.1) is 0 Å². The van der Waals surface area contributed by atoms with Crippen molar-refractivity contribution < 1.29 is 0 Å². The highest BCUT2D eigenvalue weighted by atomic mass is 127. The van der Waals surface area contributed by atoms with Crippen LogP contribution in [-0.4, -0.2) is 45.0 Å². The fourth-order valence-electron chi connectivity index (χ4n) is 2.29. The largest absolute Gasteiger partial charge is 0.370 e. The van der Waals surface area contributed by atoms with Crippen molar-refractivity contribution in [2.24, 2.45) is 10.7 Å². The van der Waals surface area contributed by atoms with E-state index in [1.54, 1.807) is 12.5 Å². The summed E-state index contributed by atoms with van der Waals surface area (Å²) in [6, 6.07) is 8.28. The van der Waals surface area contributed by atoms with Gasteiger partial charge in [-0.25, -0.2) is 9.98 Å². The minimum atomic E-state index is 0. The maximum Gasteiger partial charge on any atom is 0.191 e. The van der Waals surface area contributed by atoms with Gasteiger partial charge in [-0.1, -0.05) is 12.1 Å². The molecule has 3 rings (SSSR count). The average molecular weight is 429 g/mol. The van der Waals surface area contributed by atoms with Gasteiger partial charge in [0, 0.05) is 42.7 Å². The summed E-state index contributed by atoms with van der Waals surface area (Å²) in [5.41, 5.74) is 8.32. The van der Waals surface area contributed by atoms with E-state index in [2.05, 4.69) is 33.1 Å². The first-order valence-electron chi connectivity index (χ1n) is 7.03. The Balaban J connectivity index is 0.00000176. The maximum atomic E-state index is 6.08. The van der Waals surface area contributed by atoms with Crippen molar-refractivity contribution in [3.05, 3.63) is 48.5 Å². The molecule has 22 heavy (non-hydrogen) atoms. The monoisotopic (exact) mass is 429 g/mol. The molecule has 2 N–H and O–H groups in total. The second-order valence-corrected chi connectivity index (χ2v) is 6.14. The van der Waals surface area contributed by atoms with E-state index >= 15 is 0 Å². The Hall–Kier alpha value is -1.22. The lowest BCUT2D eigenvalue weighted by Crippen LogP contribution is -2.42. The first kappa shape index (κ1) is 17.1. The number of aromatic nitrogens is 2. The predicted octanol–water partition coefficient (Wildman–Crippen LogP) is 2.35. The second kappa shape index (κ2) is 8.42. The Bertz CT molecular complexity index is 608. The summed E-state index contributed by atoms with van der Waals surface area (Å²) in [5, 5.41) is 0. The van der Waals surface area contributed by atoms with Gasteiger partial charge < -0.3 is 15.2 Å². The Morgan fingerprint density at radius 1 is 1.32 bits per heavy atom. The number of rotatable bonds is 3. The van der Waals surface area contributed by atoms with Crippen LogP contribution in [0.15, 0.2) is 48.0 Å². The molecule has 0 amide bonds. The van der Waals surface area contributed by atoms with Crippen molar-refractivity contribution in [1.82, 2.24) is 14.5 Å². The average Bonchev–Trinajstić information content (AvgIpc) is 3.08. The van der Waals surface area contributed by atoms with E-state index in [9.17, 15) is 0 Å². The zero-order valence-electron chi connectivity index (χ0n) is 12.3. The number of guanidine groups is 1. The van der Waals surface area contributed by atoms with Gasteiger partial charge in [0.25, 0.3) is 0 Å². The number of aliphatic imine (C=N–C) groups is 1. The lowest BCUT2D eigenvalue weighted by atomic mass is 10.2. The Labute approximate surface area is 152 Å². The summed E-state index contributed by atoms with van der Waals surface area (Å²) < 4.78 is 1.98. The first-order valence-corrected chi connectivity index (χ1v) is 8.18. The molecule has 1 aliphatic heterocycles. The first-order chi connectivity index (χ1) is 10.3. The summed E-state index contributed by atoms with van der Waals surface area (Å²) >= 11 is 1.97. The van der Waals surface area contributed by atoms with Gasteiger partial charge >= 0.3 is 0 Å². The molecule has 2 heterocycles. The van der Waals surface area contributed by atoms with Gasteiger partial charge in [-0.2, -0.15) is 11.8 Å². The molecule has 0 spiro atoms. The zero-order chi connectivity index (χ0) is 14.5. The van der Waals surface area contributed by atoms with E-state index in [1.807, 2.05) is 28.6 Å². The Morgan fingerprint density at radius 2 is 2.14 bits per heavy atom. The molecule has 1 saturated heterocycles. The molecule has 2 aromatic rings. The lowest BCUT2D eigenvalue weighted by Gasteiger charge is -2.27. The fraction of sp³-hybridized carbons (Fsp3) is 0.333. The van der Waals surface area contributed by atoms with Crippen LogP contribution < -0.4 is 5.73 Å². The van der Waals surface area contributed by atoms with Gasteiger partial charge in [-0.3, -0.25) is 0 Å². The van der Waals surface area contributed by atoms with Crippen molar-refractivity contribution in [3.63, 3.8) is 0 Å². The van der Waals surface area contributed by atoms with Crippen LogP contribution >= 0.6 is 35.7 Å². The van der Waals surface area contributed by atoms with E-state index in [1.165, 1.54) is 0 Å². The molecular weight excluding hydrogens is 409 g/mol. The molecule has 1 aliphatic rings. The van der Waals surface area contributed by atoms with Gasteiger partial charge in [0.15, 0.2) is 5.96 Å². The lowest BCUT2D eigenvalue weighted by molar-refractivity contribution is 0.455. The van der Waals surface area contributed by atoms with E-state index < -0.39 is 0 Å². The predicted molar refractivity (Wildman–Crippen MR) is 103 cm³/mol. The highest BCUT2D eigenvalue weighted by Crippen LogP contribution is 2.12. The van der Waals surface area contributed by atoms with Crippen LogP contribution in [0.25, 0.3) is 5.69 Å². The summed E-state index contributed by atoms with van der Waals surface area (Å²) in [6.07, 6.45) is 5.50. The van der Waals surface area contributed by atoms with Crippen LogP contribution in [0.2, 0.25) is 0 Å². The topological polar surface area (TPSA) is 59.4 Å². The van der Waals surface area contributed by atoms with Crippen LogP contribution in [0.1, 0.15) is 5.56 Å². The van der Waals surface area contributed by atoms with Crippen LogP contribution in [0.5, 0.6) is 0 Å². The molecule has 0 aliphatic carbocycles. The van der Waals surface area contributed by atoms with E-state index in [0.717, 1.165) is 35.8 Å². The molecule has 0 atom stereocenters. The number of nitrogens with zero attached hydrogens (tertiary/aromatic N) is 4. The number of hydrogen-bond donors (Lipinski definition) is 1. The number of benzene rings is 1. The third-order valence-electron chi connectivity index (χ3n) is 3.47. The molecule has 1 aromatic carbocycles. The van der Waals surface area contributed by atoms with Gasteiger partial charge in [-0.15, -0.1) is 24.0 Å². The SMILES string of the molecule is I.NC(=NCc1cccc(-n2ccnc2)c1)N1CCSCC1. The number of thioether (sulfide) groups is 1. The molecule has 1 aromatic heterocycles. The fourth-order valence-corrected chi connectivity index (χ4v) is 3.20. The molecule has 7 heteroatoms. The summed E-state index contributed by atoms with van der Waals surface area (Å²) in [7, 11) is 0. The van der Waals surface area contributed by atoms with Crippen LogP contribution in [0.4, 0.5) is 0 Å². The van der Waals surface area contributed by atoms with Crippen molar-refractivity contribution in [2.45, 2.75) is 6.54 Å². The van der Waals surface area contributed by atoms with Crippen molar-refractivity contribution in [1.29, 1.82) is 0 Å². The Kier molecular flexibility index (Phi) is 6.56. The summed E-state index contributed by atoms with van der Waals surface area (Å²) in [6.45, 7) is 2.60. The molecular formula is C15H20IN5S. The Morgan fingerprint density at radius 3 is 2.86 bits per heavy atom. The van der Waals surface area contributed by atoms with E-state index in [4.69, 9.17) is 5.73 Å². The molecule has 0 radical (unpaired) electrons. The minimum Gasteiger partial charge on any atom is -0.370 e. The van der Waals surface area contributed by atoms with Gasteiger partial charge in [0.05, 0.1) is 12.9 Å². The van der Waals surface area contributed by atoms with Crippen LogP contribution in [-0.2, 0) is 6.54 Å². The molecule has 1 fully saturated rings. The quantitative estimate of drug-likeness (QED) is 0.463. The standard InChI is InChI=1S/C15H19N5S.HI/c16-15(19-6-8-21-9-7-19)18-11-13-2-1-3-14(10-13)20-5-4-17-12-20;/h1-5,10,12H,6-9,11H2,(H2,16,18);1H. The van der Waals surface area contributed by atoms with Crippen LogP contribution in [0.3, 0.4) is 0 Å². The van der Waals surface area contributed by atoms with Gasteiger partial charge in [0.2, 0.25) is 0 Å². The van der Waals surface area contributed by atoms with Crippen molar-refractivity contribution in [2.75, 3.05) is 24.6 Å². The molecule has 0 bridgehead atoms. The second-order valence-electron chi connectivity index (χ2n) is 4.91. The van der Waals surface area contributed by atoms with E-state index in [-0.39, 0.29) is 24.0 Å².